The van der Waals surface area contributed by atoms with E-state index in [1.54, 1.807) is 0 Å². The fourth-order valence-corrected chi connectivity index (χ4v) is 5.82. The van der Waals surface area contributed by atoms with E-state index >= 15 is 0 Å². The van der Waals surface area contributed by atoms with Gasteiger partial charge in [-0.3, -0.25) is 0 Å². The summed E-state index contributed by atoms with van der Waals surface area (Å²) in [6, 6.07) is 6.07. The summed E-state index contributed by atoms with van der Waals surface area (Å²) in [5, 5.41) is 0. The number of nitrogens with zero attached hydrogens (tertiary/aromatic N) is 2. The lowest BCUT2D eigenvalue weighted by Crippen LogP contribution is -2.40. The van der Waals surface area contributed by atoms with E-state index in [0.717, 1.165) is 53.8 Å². The van der Waals surface area contributed by atoms with Crippen LogP contribution in [0.15, 0.2) is 23.1 Å². The fraction of sp³-hybridized carbons (Fsp3) is 0.524. The molecule has 7 heteroatoms. The van der Waals surface area contributed by atoms with Crippen molar-refractivity contribution in [1.82, 2.24) is 14.7 Å². The monoisotopic (exact) mass is 403 g/mol. The highest BCUT2D eigenvalue weighted by molar-refractivity contribution is 7.89. The zero-order valence-corrected chi connectivity index (χ0v) is 18.1. The molecule has 3 rings (SSSR count). The molecule has 0 atom stereocenters. The van der Waals surface area contributed by atoms with Crippen molar-refractivity contribution in [2.24, 2.45) is 0 Å². The Labute approximate surface area is 167 Å². The van der Waals surface area contributed by atoms with E-state index in [1.165, 1.54) is 0 Å². The van der Waals surface area contributed by atoms with Crippen molar-refractivity contribution < 1.29 is 13.2 Å². The summed E-state index contributed by atoms with van der Waals surface area (Å²) >= 11 is 0. The summed E-state index contributed by atoms with van der Waals surface area (Å²) in [6.45, 7) is 9.52. The van der Waals surface area contributed by atoms with Crippen LogP contribution in [0.5, 0.6) is 6.01 Å². The van der Waals surface area contributed by atoms with Crippen molar-refractivity contribution in [3.05, 3.63) is 46.3 Å². The van der Waals surface area contributed by atoms with Gasteiger partial charge in [0.1, 0.15) is 6.10 Å². The van der Waals surface area contributed by atoms with Gasteiger partial charge in [0.05, 0.1) is 4.90 Å². The quantitative estimate of drug-likeness (QED) is 0.823. The van der Waals surface area contributed by atoms with Crippen molar-refractivity contribution in [3.8, 4) is 6.01 Å². The van der Waals surface area contributed by atoms with Crippen LogP contribution in [-0.4, -0.2) is 30.5 Å². The molecule has 1 heterocycles. The number of hydrogen-bond donors (Lipinski definition) is 1. The third-order valence-electron chi connectivity index (χ3n) is 5.10. The van der Waals surface area contributed by atoms with Crippen LogP contribution in [0.25, 0.3) is 0 Å². The average Bonchev–Trinajstić information content (AvgIpc) is 2.54. The zero-order valence-electron chi connectivity index (χ0n) is 17.2. The van der Waals surface area contributed by atoms with Gasteiger partial charge in [0.2, 0.25) is 10.0 Å². The Morgan fingerprint density at radius 2 is 1.43 bits per heavy atom. The molecule has 1 aromatic carbocycles. The highest BCUT2D eigenvalue weighted by Gasteiger charge is 2.28. The number of sulfonamides is 1. The molecule has 1 saturated carbocycles. The molecule has 2 aromatic rings. The lowest BCUT2D eigenvalue weighted by Gasteiger charge is -2.29. The van der Waals surface area contributed by atoms with Gasteiger partial charge < -0.3 is 4.74 Å². The molecule has 6 nitrogen and oxygen atoms in total. The Hall–Kier alpha value is -1.99. The number of aryl methyl sites for hydroxylation is 5. The first-order valence-electron chi connectivity index (χ1n) is 9.73. The van der Waals surface area contributed by atoms with Gasteiger partial charge in [-0.2, -0.15) is 0 Å². The van der Waals surface area contributed by atoms with Gasteiger partial charge in [-0.25, -0.2) is 23.1 Å². The van der Waals surface area contributed by atoms with E-state index in [0.29, 0.717) is 10.9 Å². The van der Waals surface area contributed by atoms with Gasteiger partial charge in [-0.05, 0) is 77.5 Å². The number of nitrogens with one attached hydrogen (secondary N) is 1. The van der Waals surface area contributed by atoms with Crippen LogP contribution >= 0.6 is 0 Å². The van der Waals surface area contributed by atoms with Gasteiger partial charge in [-0.15, -0.1) is 0 Å². The van der Waals surface area contributed by atoms with Crippen molar-refractivity contribution in [3.63, 3.8) is 0 Å². The van der Waals surface area contributed by atoms with Crippen LogP contribution in [0.1, 0.15) is 53.8 Å². The molecule has 1 aliphatic carbocycles. The molecule has 1 N–H and O–H groups in total. The minimum atomic E-state index is -3.54. The van der Waals surface area contributed by atoms with E-state index in [-0.39, 0.29) is 12.1 Å². The van der Waals surface area contributed by atoms with E-state index in [1.807, 2.05) is 52.8 Å². The van der Waals surface area contributed by atoms with Crippen LogP contribution in [0, 0.1) is 34.6 Å². The van der Waals surface area contributed by atoms with Crippen LogP contribution in [0.3, 0.4) is 0 Å². The average molecular weight is 404 g/mol. The third kappa shape index (κ3) is 4.89. The van der Waals surface area contributed by atoms with Gasteiger partial charge in [0, 0.05) is 17.4 Å². The van der Waals surface area contributed by atoms with E-state index in [9.17, 15) is 8.42 Å². The summed E-state index contributed by atoms with van der Waals surface area (Å²) < 4.78 is 34.7. The van der Waals surface area contributed by atoms with E-state index in [2.05, 4.69) is 14.7 Å². The molecule has 0 aliphatic heterocycles. The molecule has 1 fully saturated rings. The Kier molecular flexibility index (Phi) is 6.05. The van der Waals surface area contributed by atoms with E-state index < -0.39 is 10.0 Å². The second kappa shape index (κ2) is 8.17. The smallest absolute Gasteiger partial charge is 0.317 e. The number of ether oxygens (including phenoxy) is 1. The number of rotatable bonds is 5. The van der Waals surface area contributed by atoms with Crippen LogP contribution in [0.4, 0.5) is 0 Å². The molecule has 1 aromatic heterocycles. The second-order valence-electron chi connectivity index (χ2n) is 7.87. The maximum absolute atomic E-state index is 12.9. The van der Waals surface area contributed by atoms with Crippen molar-refractivity contribution >= 4 is 10.0 Å². The maximum Gasteiger partial charge on any atom is 0.317 e. The predicted molar refractivity (Wildman–Crippen MR) is 109 cm³/mol. The lowest BCUT2D eigenvalue weighted by atomic mass is 9.94. The molecular weight excluding hydrogens is 374 g/mol. The zero-order chi connectivity index (χ0) is 20.5. The number of aromatic nitrogens is 2. The van der Waals surface area contributed by atoms with Gasteiger partial charge >= 0.3 is 6.01 Å². The molecule has 0 radical (unpaired) electrons. The largest absolute Gasteiger partial charge is 0.460 e. The topological polar surface area (TPSA) is 81.2 Å². The summed E-state index contributed by atoms with van der Waals surface area (Å²) in [4.78, 5) is 9.06. The third-order valence-corrected chi connectivity index (χ3v) is 6.93. The number of hydrogen-bond acceptors (Lipinski definition) is 5. The first kappa shape index (κ1) is 20.7. The summed E-state index contributed by atoms with van der Waals surface area (Å²) in [6.07, 6.45) is 3.03. The maximum atomic E-state index is 12.9. The molecule has 0 bridgehead atoms. The minimum absolute atomic E-state index is 0.0183. The van der Waals surface area contributed by atoms with E-state index in [4.69, 9.17) is 4.74 Å². The molecular formula is C21H29N3O3S. The molecule has 0 unspecified atom stereocenters. The van der Waals surface area contributed by atoms with Crippen LogP contribution in [0.2, 0.25) is 0 Å². The second-order valence-corrected chi connectivity index (χ2v) is 9.52. The summed E-state index contributed by atoms with van der Waals surface area (Å²) in [5.41, 5.74) is 4.41. The van der Waals surface area contributed by atoms with Crippen LogP contribution < -0.4 is 9.46 Å². The first-order valence-corrected chi connectivity index (χ1v) is 11.2. The standard InChI is InChI=1S/C21H29N3O3S/c1-13-10-14(2)20(15(3)11-13)28(25,26)24-18-6-8-19(9-7-18)27-21-22-16(4)12-17(5)23-21/h10-12,18-19,24H,6-9H2,1-5H3. The molecule has 1 aliphatic rings. The minimum Gasteiger partial charge on any atom is -0.460 e. The highest BCUT2D eigenvalue weighted by atomic mass is 32.2. The molecule has 28 heavy (non-hydrogen) atoms. The Bertz CT molecular complexity index is 922. The molecule has 152 valence electrons. The van der Waals surface area contributed by atoms with Crippen molar-refractivity contribution in [1.29, 1.82) is 0 Å². The summed E-state index contributed by atoms with van der Waals surface area (Å²) in [7, 11) is -3.54. The Balaban J connectivity index is 1.62. The van der Waals surface area contributed by atoms with Gasteiger partial charge in [-0.1, -0.05) is 17.7 Å². The van der Waals surface area contributed by atoms with Gasteiger partial charge in [0.25, 0.3) is 0 Å². The van der Waals surface area contributed by atoms with Crippen molar-refractivity contribution in [2.75, 3.05) is 0 Å². The van der Waals surface area contributed by atoms with Gasteiger partial charge in [0.15, 0.2) is 0 Å². The fourth-order valence-electron chi connectivity index (χ4n) is 4.06. The summed E-state index contributed by atoms with van der Waals surface area (Å²) in [5.74, 6) is 0. The SMILES string of the molecule is Cc1cc(C)c(S(=O)(=O)NC2CCC(Oc3nc(C)cc(C)n3)CC2)c(C)c1. The lowest BCUT2D eigenvalue weighted by molar-refractivity contribution is 0.131. The van der Waals surface area contributed by atoms with Crippen molar-refractivity contribution in [2.45, 2.75) is 77.3 Å². The first-order chi connectivity index (χ1) is 13.1. The molecule has 0 spiro atoms. The highest BCUT2D eigenvalue weighted by Crippen LogP contribution is 2.26. The number of benzene rings is 1. The van der Waals surface area contributed by atoms with Crippen LogP contribution in [-0.2, 0) is 10.0 Å². The molecule has 0 amide bonds. The Morgan fingerprint density at radius 1 is 0.893 bits per heavy atom. The normalized spacial score (nSPS) is 20.2. The Morgan fingerprint density at radius 3 is 1.96 bits per heavy atom. The molecule has 0 saturated heterocycles. The predicted octanol–water partition coefficient (Wildman–Crippen LogP) is 3.69.